The molecule has 0 fully saturated rings. The van der Waals surface area contributed by atoms with Crippen LogP contribution in [0.2, 0.25) is 0 Å². The zero-order valence-electron chi connectivity index (χ0n) is 10.4. The summed E-state index contributed by atoms with van der Waals surface area (Å²) >= 11 is 0. The van der Waals surface area contributed by atoms with Crippen LogP contribution in [-0.2, 0) is 9.53 Å². The topological polar surface area (TPSA) is 29.5 Å². The van der Waals surface area contributed by atoms with E-state index in [1.165, 1.54) is 11.1 Å². The molecule has 0 aromatic heterocycles. The fourth-order valence-electron chi connectivity index (χ4n) is 1.89. The van der Waals surface area contributed by atoms with Crippen molar-refractivity contribution < 1.29 is 9.53 Å². The lowest BCUT2D eigenvalue weighted by Gasteiger charge is -2.22. The van der Waals surface area contributed by atoms with E-state index in [1.54, 1.807) is 0 Å². The van der Waals surface area contributed by atoms with Gasteiger partial charge in [-0.2, -0.15) is 0 Å². The fourth-order valence-corrected chi connectivity index (χ4v) is 1.89. The Kier molecular flexibility index (Phi) is 4.35. The number of nitrogens with zero attached hydrogens (tertiary/aromatic N) is 1. The van der Waals surface area contributed by atoms with Crippen molar-refractivity contribution in [1.29, 1.82) is 0 Å². The fraction of sp³-hybridized carbons (Fsp3) is 0.462. The first-order valence-corrected chi connectivity index (χ1v) is 5.49. The SMILES string of the molecule is CCOC(=O)CN(C)c1c(C)cccc1C. The van der Waals surface area contributed by atoms with E-state index < -0.39 is 0 Å². The Morgan fingerprint density at radius 2 is 1.88 bits per heavy atom. The minimum Gasteiger partial charge on any atom is -0.465 e. The Balaban J connectivity index is 2.80. The Bertz CT molecular complexity index is 354. The summed E-state index contributed by atoms with van der Waals surface area (Å²) in [6, 6.07) is 6.11. The smallest absolute Gasteiger partial charge is 0.325 e. The molecule has 0 N–H and O–H groups in total. The number of para-hydroxylation sites is 1. The Morgan fingerprint density at radius 1 is 1.31 bits per heavy atom. The predicted octanol–water partition coefficient (Wildman–Crippen LogP) is 2.30. The van der Waals surface area contributed by atoms with Crippen molar-refractivity contribution in [3.05, 3.63) is 29.3 Å². The molecule has 0 amide bonds. The third-order valence-electron chi connectivity index (χ3n) is 2.49. The van der Waals surface area contributed by atoms with Gasteiger partial charge in [-0.05, 0) is 31.9 Å². The van der Waals surface area contributed by atoms with Crippen molar-refractivity contribution in [3.63, 3.8) is 0 Å². The first-order valence-electron chi connectivity index (χ1n) is 5.49. The third-order valence-corrected chi connectivity index (χ3v) is 2.49. The summed E-state index contributed by atoms with van der Waals surface area (Å²) in [5.74, 6) is -0.187. The van der Waals surface area contributed by atoms with Crippen molar-refractivity contribution in [2.45, 2.75) is 20.8 Å². The van der Waals surface area contributed by atoms with Crippen LogP contribution in [0.4, 0.5) is 5.69 Å². The van der Waals surface area contributed by atoms with E-state index >= 15 is 0 Å². The standard InChI is InChI=1S/C13H19NO2/c1-5-16-12(15)9-14(4)13-10(2)7-6-8-11(13)3/h6-8H,5,9H2,1-4H3. The number of carbonyl (C=O) groups is 1. The summed E-state index contributed by atoms with van der Waals surface area (Å²) in [5, 5.41) is 0. The lowest BCUT2D eigenvalue weighted by atomic mass is 10.1. The Labute approximate surface area is 97.0 Å². The highest BCUT2D eigenvalue weighted by molar-refractivity contribution is 5.76. The predicted molar refractivity (Wildman–Crippen MR) is 65.8 cm³/mol. The first-order chi connectivity index (χ1) is 7.56. The molecule has 88 valence electrons. The lowest BCUT2D eigenvalue weighted by molar-refractivity contribution is -0.141. The van der Waals surface area contributed by atoms with Crippen LogP contribution in [0.25, 0.3) is 0 Å². The summed E-state index contributed by atoms with van der Waals surface area (Å²) in [7, 11) is 1.91. The van der Waals surface area contributed by atoms with Crippen LogP contribution in [0.5, 0.6) is 0 Å². The molecule has 0 saturated heterocycles. The number of ether oxygens (including phenoxy) is 1. The highest BCUT2D eigenvalue weighted by Crippen LogP contribution is 2.22. The molecule has 0 heterocycles. The number of likely N-dealkylation sites (N-methyl/N-ethyl adjacent to an activating group) is 1. The maximum Gasteiger partial charge on any atom is 0.325 e. The molecule has 0 saturated carbocycles. The van der Waals surface area contributed by atoms with Gasteiger partial charge >= 0.3 is 5.97 Å². The number of anilines is 1. The summed E-state index contributed by atoms with van der Waals surface area (Å²) in [5.41, 5.74) is 3.45. The molecule has 16 heavy (non-hydrogen) atoms. The largest absolute Gasteiger partial charge is 0.465 e. The second kappa shape index (κ2) is 5.54. The molecule has 3 nitrogen and oxygen atoms in total. The minimum absolute atomic E-state index is 0.187. The number of aryl methyl sites for hydroxylation is 2. The Hall–Kier alpha value is -1.51. The van der Waals surface area contributed by atoms with Crippen LogP contribution in [-0.4, -0.2) is 26.2 Å². The monoisotopic (exact) mass is 221 g/mol. The van der Waals surface area contributed by atoms with Crippen LogP contribution in [0.1, 0.15) is 18.1 Å². The summed E-state index contributed by atoms with van der Waals surface area (Å²) < 4.78 is 4.93. The molecule has 0 unspecified atom stereocenters. The molecule has 0 aliphatic carbocycles. The van der Waals surface area contributed by atoms with Gasteiger partial charge in [-0.3, -0.25) is 4.79 Å². The van der Waals surface area contributed by atoms with Gasteiger partial charge in [0.15, 0.2) is 0 Å². The van der Waals surface area contributed by atoms with Crippen molar-refractivity contribution in [2.24, 2.45) is 0 Å². The summed E-state index contributed by atoms with van der Waals surface area (Å²) in [6.45, 7) is 6.63. The van der Waals surface area contributed by atoms with Crippen LogP contribution in [0, 0.1) is 13.8 Å². The molecule has 1 rings (SSSR count). The van der Waals surface area contributed by atoms with E-state index in [1.807, 2.05) is 50.9 Å². The van der Waals surface area contributed by atoms with Gasteiger partial charge in [-0.1, -0.05) is 18.2 Å². The maximum absolute atomic E-state index is 11.4. The molecule has 0 aliphatic rings. The van der Waals surface area contributed by atoms with Crippen LogP contribution in [0.15, 0.2) is 18.2 Å². The highest BCUT2D eigenvalue weighted by Gasteiger charge is 2.11. The molecule has 3 heteroatoms. The first kappa shape index (κ1) is 12.6. The zero-order valence-corrected chi connectivity index (χ0v) is 10.4. The molecule has 1 aromatic carbocycles. The number of carbonyl (C=O) groups excluding carboxylic acids is 1. The molecular weight excluding hydrogens is 202 g/mol. The van der Waals surface area contributed by atoms with E-state index in [2.05, 4.69) is 0 Å². The number of hydrogen-bond acceptors (Lipinski definition) is 3. The zero-order chi connectivity index (χ0) is 12.1. The van der Waals surface area contributed by atoms with Crippen molar-refractivity contribution in [3.8, 4) is 0 Å². The minimum atomic E-state index is -0.187. The molecule has 0 atom stereocenters. The summed E-state index contributed by atoms with van der Waals surface area (Å²) in [6.07, 6.45) is 0. The van der Waals surface area contributed by atoms with Gasteiger partial charge in [0.2, 0.25) is 0 Å². The van der Waals surface area contributed by atoms with Gasteiger partial charge in [0.25, 0.3) is 0 Å². The number of rotatable bonds is 4. The number of benzene rings is 1. The third kappa shape index (κ3) is 2.99. The van der Waals surface area contributed by atoms with E-state index in [9.17, 15) is 4.79 Å². The molecule has 0 spiro atoms. The van der Waals surface area contributed by atoms with Crippen LogP contribution in [0.3, 0.4) is 0 Å². The number of hydrogen-bond donors (Lipinski definition) is 0. The number of esters is 1. The van der Waals surface area contributed by atoms with Gasteiger partial charge in [0.05, 0.1) is 6.61 Å². The average Bonchev–Trinajstić information content (AvgIpc) is 2.17. The second-order valence-corrected chi connectivity index (χ2v) is 3.90. The van der Waals surface area contributed by atoms with Gasteiger partial charge in [-0.25, -0.2) is 0 Å². The Morgan fingerprint density at radius 3 is 2.38 bits per heavy atom. The maximum atomic E-state index is 11.4. The van der Waals surface area contributed by atoms with Crippen molar-refractivity contribution in [2.75, 3.05) is 25.1 Å². The lowest BCUT2D eigenvalue weighted by Crippen LogP contribution is -2.28. The van der Waals surface area contributed by atoms with E-state index in [4.69, 9.17) is 4.74 Å². The average molecular weight is 221 g/mol. The molecule has 0 aliphatic heterocycles. The van der Waals surface area contributed by atoms with E-state index in [-0.39, 0.29) is 5.97 Å². The van der Waals surface area contributed by atoms with Crippen LogP contribution >= 0.6 is 0 Å². The quantitative estimate of drug-likeness (QED) is 0.731. The van der Waals surface area contributed by atoms with Gasteiger partial charge in [0, 0.05) is 12.7 Å². The van der Waals surface area contributed by atoms with Gasteiger partial charge in [0.1, 0.15) is 6.54 Å². The van der Waals surface area contributed by atoms with Crippen LogP contribution < -0.4 is 4.90 Å². The summed E-state index contributed by atoms with van der Waals surface area (Å²) in [4.78, 5) is 13.3. The highest BCUT2D eigenvalue weighted by atomic mass is 16.5. The van der Waals surface area contributed by atoms with Gasteiger partial charge < -0.3 is 9.64 Å². The molecular formula is C13H19NO2. The second-order valence-electron chi connectivity index (χ2n) is 3.90. The van der Waals surface area contributed by atoms with Crippen molar-refractivity contribution in [1.82, 2.24) is 0 Å². The van der Waals surface area contributed by atoms with E-state index in [0.717, 1.165) is 5.69 Å². The molecule has 0 bridgehead atoms. The molecule has 1 aromatic rings. The van der Waals surface area contributed by atoms with Crippen molar-refractivity contribution >= 4 is 11.7 Å². The normalized spacial score (nSPS) is 10.0. The van der Waals surface area contributed by atoms with Gasteiger partial charge in [-0.15, -0.1) is 0 Å². The van der Waals surface area contributed by atoms with E-state index in [0.29, 0.717) is 13.2 Å². The molecule has 0 radical (unpaired) electrons.